The molecule has 3 aliphatic rings. The highest BCUT2D eigenvalue weighted by atomic mass is 32.2. The van der Waals surface area contributed by atoms with Crippen molar-refractivity contribution >= 4 is 21.8 Å². The van der Waals surface area contributed by atoms with Crippen LogP contribution in [0.4, 0.5) is 5.69 Å². The summed E-state index contributed by atoms with van der Waals surface area (Å²) in [6.07, 6.45) is 1.79. The number of carbonyl (C=O) groups excluding carboxylic acids is 1. The number of anilines is 1. The van der Waals surface area contributed by atoms with E-state index >= 15 is 0 Å². The van der Waals surface area contributed by atoms with Gasteiger partial charge < -0.3 is 5.32 Å². The lowest BCUT2D eigenvalue weighted by Crippen LogP contribution is -2.50. The summed E-state index contributed by atoms with van der Waals surface area (Å²) in [5.41, 5.74) is 1.91. The average molecular weight is 293 g/mol. The zero-order valence-electron chi connectivity index (χ0n) is 10.8. The molecule has 1 saturated heterocycles. The molecule has 1 aromatic carbocycles. The first-order valence-corrected chi connectivity index (χ1v) is 8.17. The van der Waals surface area contributed by atoms with Gasteiger partial charge in [0.2, 0.25) is 0 Å². The molecule has 7 heteroatoms. The van der Waals surface area contributed by atoms with Gasteiger partial charge in [0, 0.05) is 12.0 Å². The summed E-state index contributed by atoms with van der Waals surface area (Å²) in [6.45, 7) is 2.18. The molecule has 0 aliphatic carbocycles. The first-order chi connectivity index (χ1) is 9.54. The van der Waals surface area contributed by atoms with Gasteiger partial charge >= 0.3 is 10.2 Å². The molecule has 1 aromatic rings. The van der Waals surface area contributed by atoms with Gasteiger partial charge in [0.25, 0.3) is 5.91 Å². The van der Waals surface area contributed by atoms with E-state index in [9.17, 15) is 13.2 Å². The Morgan fingerprint density at radius 1 is 1.20 bits per heavy atom. The molecule has 0 aromatic heterocycles. The van der Waals surface area contributed by atoms with E-state index in [1.807, 2.05) is 12.1 Å². The molecule has 0 unspecified atom stereocenters. The SMILES string of the molecule is O=C1NS(=O)(=O)N2CC3(CCNCC3)c3cccc1c32. The Labute approximate surface area is 117 Å². The number of rotatable bonds is 0. The molecule has 3 aliphatic heterocycles. The number of fused-ring (bicyclic) bond motifs is 1. The third-order valence-corrected chi connectivity index (χ3v) is 5.96. The molecular formula is C13H15N3O3S. The van der Waals surface area contributed by atoms with Crippen LogP contribution in [0, 0.1) is 0 Å². The minimum Gasteiger partial charge on any atom is -0.317 e. The second-order valence-corrected chi connectivity index (χ2v) is 7.27. The number of hydrogen-bond donors (Lipinski definition) is 2. The van der Waals surface area contributed by atoms with Gasteiger partial charge in [-0.25, -0.2) is 4.72 Å². The Balaban J connectivity index is 1.98. The van der Waals surface area contributed by atoms with Crippen molar-refractivity contribution in [3.63, 3.8) is 0 Å². The van der Waals surface area contributed by atoms with Crippen LogP contribution < -0.4 is 14.3 Å². The lowest BCUT2D eigenvalue weighted by molar-refractivity contribution is 0.0980. The molecule has 6 nitrogen and oxygen atoms in total. The summed E-state index contributed by atoms with van der Waals surface area (Å²) in [6, 6.07) is 5.51. The Hall–Kier alpha value is -1.60. The monoisotopic (exact) mass is 293 g/mol. The van der Waals surface area contributed by atoms with E-state index in [0.717, 1.165) is 31.5 Å². The average Bonchev–Trinajstić information content (AvgIpc) is 2.74. The molecule has 2 N–H and O–H groups in total. The first-order valence-electron chi connectivity index (χ1n) is 6.73. The van der Waals surface area contributed by atoms with Crippen LogP contribution in [-0.2, 0) is 15.6 Å². The Kier molecular flexibility index (Phi) is 2.27. The minimum atomic E-state index is -3.75. The van der Waals surface area contributed by atoms with Gasteiger partial charge in [-0.05, 0) is 37.6 Å². The zero-order chi connectivity index (χ0) is 14.0. The third kappa shape index (κ3) is 1.42. The summed E-state index contributed by atoms with van der Waals surface area (Å²) in [7, 11) is -3.75. The van der Waals surface area contributed by atoms with Crippen molar-refractivity contribution in [3.8, 4) is 0 Å². The predicted octanol–water partition coefficient (Wildman–Crippen LogP) is 0.116. The van der Waals surface area contributed by atoms with Gasteiger partial charge in [0.05, 0.1) is 11.3 Å². The number of nitrogens with zero attached hydrogens (tertiary/aromatic N) is 1. The van der Waals surface area contributed by atoms with Crippen molar-refractivity contribution in [1.82, 2.24) is 10.0 Å². The van der Waals surface area contributed by atoms with E-state index in [0.29, 0.717) is 17.8 Å². The topological polar surface area (TPSA) is 78.5 Å². The van der Waals surface area contributed by atoms with E-state index in [2.05, 4.69) is 10.0 Å². The van der Waals surface area contributed by atoms with E-state index in [4.69, 9.17) is 0 Å². The molecule has 3 heterocycles. The Bertz CT molecular complexity index is 708. The number of benzene rings is 1. The van der Waals surface area contributed by atoms with Crippen molar-refractivity contribution < 1.29 is 13.2 Å². The predicted molar refractivity (Wildman–Crippen MR) is 74.0 cm³/mol. The molecule has 0 bridgehead atoms. The van der Waals surface area contributed by atoms with Gasteiger partial charge in [0.1, 0.15) is 0 Å². The summed E-state index contributed by atoms with van der Waals surface area (Å²) in [5.74, 6) is -0.524. The van der Waals surface area contributed by atoms with Crippen LogP contribution in [0.15, 0.2) is 18.2 Å². The highest BCUT2D eigenvalue weighted by Gasteiger charge is 2.50. The van der Waals surface area contributed by atoms with Crippen LogP contribution in [0.3, 0.4) is 0 Å². The zero-order valence-corrected chi connectivity index (χ0v) is 11.7. The number of amides is 1. The van der Waals surface area contributed by atoms with Crippen LogP contribution in [-0.4, -0.2) is 34.0 Å². The fourth-order valence-electron chi connectivity index (χ4n) is 3.63. The van der Waals surface area contributed by atoms with Gasteiger partial charge in [-0.1, -0.05) is 12.1 Å². The lowest BCUT2D eigenvalue weighted by atomic mass is 9.74. The molecule has 1 amide bonds. The standard InChI is InChI=1S/C13H15N3O3S/c17-12-9-2-1-3-10-11(9)16(20(18,19)15-12)8-13(10)4-6-14-7-5-13/h1-3,14H,4-8H2,(H,15,17). The minimum absolute atomic E-state index is 0.157. The molecular weight excluding hydrogens is 278 g/mol. The van der Waals surface area contributed by atoms with Crippen molar-refractivity contribution in [2.45, 2.75) is 18.3 Å². The molecule has 4 rings (SSSR count). The fourth-order valence-corrected chi connectivity index (χ4v) is 4.94. The maximum Gasteiger partial charge on any atom is 0.326 e. The number of piperidine rings is 1. The number of carbonyl (C=O) groups is 1. The van der Waals surface area contributed by atoms with Gasteiger partial charge in [-0.15, -0.1) is 0 Å². The molecule has 20 heavy (non-hydrogen) atoms. The van der Waals surface area contributed by atoms with Crippen LogP contribution in [0.5, 0.6) is 0 Å². The van der Waals surface area contributed by atoms with Crippen molar-refractivity contribution in [2.24, 2.45) is 0 Å². The molecule has 0 radical (unpaired) electrons. The van der Waals surface area contributed by atoms with Crippen LogP contribution >= 0.6 is 0 Å². The summed E-state index contributed by atoms with van der Waals surface area (Å²) >= 11 is 0. The van der Waals surface area contributed by atoms with Crippen LogP contribution in [0.25, 0.3) is 0 Å². The summed E-state index contributed by atoms with van der Waals surface area (Å²) < 4.78 is 27.9. The Morgan fingerprint density at radius 2 is 1.95 bits per heavy atom. The maximum atomic E-state index is 12.2. The van der Waals surface area contributed by atoms with Gasteiger partial charge in [-0.3, -0.25) is 9.10 Å². The normalized spacial score (nSPS) is 25.4. The van der Waals surface area contributed by atoms with Gasteiger partial charge in [0.15, 0.2) is 0 Å². The quantitative estimate of drug-likeness (QED) is 0.712. The number of para-hydroxylation sites is 1. The molecule has 1 fully saturated rings. The second kappa shape index (κ2) is 3.73. The number of nitrogens with one attached hydrogen (secondary N) is 2. The van der Waals surface area contributed by atoms with Gasteiger partial charge in [-0.2, -0.15) is 8.42 Å². The third-order valence-electron chi connectivity index (χ3n) is 4.62. The van der Waals surface area contributed by atoms with Crippen molar-refractivity contribution in [3.05, 3.63) is 29.3 Å². The van der Waals surface area contributed by atoms with E-state index in [1.165, 1.54) is 4.31 Å². The second-order valence-electron chi connectivity index (χ2n) is 5.67. The van der Waals surface area contributed by atoms with Crippen molar-refractivity contribution in [2.75, 3.05) is 23.9 Å². The smallest absolute Gasteiger partial charge is 0.317 e. The summed E-state index contributed by atoms with van der Waals surface area (Å²) in [5, 5.41) is 3.31. The van der Waals surface area contributed by atoms with Crippen molar-refractivity contribution in [1.29, 1.82) is 0 Å². The lowest BCUT2D eigenvalue weighted by Gasteiger charge is -2.34. The van der Waals surface area contributed by atoms with Crippen LogP contribution in [0.1, 0.15) is 28.8 Å². The highest BCUT2D eigenvalue weighted by Crippen LogP contribution is 2.49. The summed E-state index contributed by atoms with van der Waals surface area (Å²) in [4.78, 5) is 12.0. The molecule has 1 spiro atoms. The Morgan fingerprint density at radius 3 is 2.70 bits per heavy atom. The maximum absolute atomic E-state index is 12.2. The van der Waals surface area contributed by atoms with Crippen LogP contribution in [0.2, 0.25) is 0 Å². The van der Waals surface area contributed by atoms with E-state index in [1.54, 1.807) is 6.07 Å². The van der Waals surface area contributed by atoms with E-state index in [-0.39, 0.29) is 5.41 Å². The fraction of sp³-hybridized carbons (Fsp3) is 0.462. The highest BCUT2D eigenvalue weighted by molar-refractivity contribution is 7.91. The number of hydrogen-bond acceptors (Lipinski definition) is 4. The molecule has 106 valence electrons. The first kappa shape index (κ1) is 12.2. The van der Waals surface area contributed by atoms with E-state index < -0.39 is 16.1 Å². The molecule has 0 saturated carbocycles. The molecule has 0 atom stereocenters. The largest absolute Gasteiger partial charge is 0.326 e.